The zero-order valence-electron chi connectivity index (χ0n) is 11.6. The molecule has 0 heterocycles. The topological polar surface area (TPSA) is 52.3 Å². The van der Waals surface area contributed by atoms with Crippen LogP contribution in [0.2, 0.25) is 0 Å². The Labute approximate surface area is 115 Å². The van der Waals surface area contributed by atoms with E-state index in [2.05, 4.69) is 0 Å². The second-order valence-corrected chi connectivity index (χ2v) is 5.65. The first-order chi connectivity index (χ1) is 9.01. The van der Waals surface area contributed by atoms with Crippen molar-refractivity contribution in [2.45, 2.75) is 39.6 Å². The van der Waals surface area contributed by atoms with Gasteiger partial charge >= 0.3 is 12.1 Å². The molecule has 20 heavy (non-hydrogen) atoms. The highest BCUT2D eigenvalue weighted by Gasteiger charge is 2.31. The lowest BCUT2D eigenvalue weighted by atomic mass is 9.87. The van der Waals surface area contributed by atoms with E-state index in [0.717, 1.165) is 12.1 Å². The fourth-order valence-corrected chi connectivity index (χ4v) is 1.44. The Morgan fingerprint density at radius 3 is 2.40 bits per heavy atom. The Balaban J connectivity index is 2.70. The van der Waals surface area contributed by atoms with Crippen LogP contribution in [0.1, 0.15) is 31.9 Å². The van der Waals surface area contributed by atoms with Crippen molar-refractivity contribution >= 4 is 5.97 Å². The largest absolute Gasteiger partial charge is 0.460 e. The molecule has 2 N–H and O–H groups in total. The van der Waals surface area contributed by atoms with Gasteiger partial charge in [-0.2, -0.15) is 13.2 Å². The summed E-state index contributed by atoms with van der Waals surface area (Å²) in [5.41, 5.74) is 4.74. The molecule has 3 nitrogen and oxygen atoms in total. The molecule has 112 valence electrons. The van der Waals surface area contributed by atoms with E-state index < -0.39 is 29.2 Å². The lowest BCUT2D eigenvalue weighted by Gasteiger charge is -2.25. The molecule has 0 fully saturated rings. The summed E-state index contributed by atoms with van der Waals surface area (Å²) in [5, 5.41) is 0. The van der Waals surface area contributed by atoms with Crippen LogP contribution in [0.3, 0.4) is 0 Å². The molecule has 1 unspecified atom stereocenters. The van der Waals surface area contributed by atoms with E-state index >= 15 is 0 Å². The minimum atomic E-state index is -4.41. The van der Waals surface area contributed by atoms with E-state index in [1.165, 1.54) is 12.1 Å². The van der Waals surface area contributed by atoms with Gasteiger partial charge in [0.1, 0.15) is 12.6 Å². The van der Waals surface area contributed by atoms with Crippen LogP contribution in [0.25, 0.3) is 0 Å². The van der Waals surface area contributed by atoms with Gasteiger partial charge in [0.25, 0.3) is 0 Å². The van der Waals surface area contributed by atoms with Crippen LogP contribution in [0.15, 0.2) is 24.3 Å². The van der Waals surface area contributed by atoms with Crippen LogP contribution in [-0.2, 0) is 22.3 Å². The highest BCUT2D eigenvalue weighted by Crippen LogP contribution is 2.29. The molecule has 1 atom stereocenters. The van der Waals surface area contributed by atoms with Crippen molar-refractivity contribution in [2.75, 3.05) is 0 Å². The van der Waals surface area contributed by atoms with Gasteiger partial charge in [-0.15, -0.1) is 0 Å². The first-order valence-corrected chi connectivity index (χ1v) is 6.10. The van der Waals surface area contributed by atoms with E-state index in [4.69, 9.17) is 10.5 Å². The second kappa shape index (κ2) is 5.83. The highest BCUT2D eigenvalue weighted by atomic mass is 19.4. The van der Waals surface area contributed by atoms with Crippen LogP contribution in [0.4, 0.5) is 13.2 Å². The van der Waals surface area contributed by atoms with Gasteiger partial charge in [-0.05, 0) is 23.1 Å². The number of benzene rings is 1. The zero-order chi connectivity index (χ0) is 15.6. The molecule has 6 heteroatoms. The average molecular weight is 289 g/mol. The molecule has 0 saturated heterocycles. The molecule has 0 amide bonds. The molecule has 1 aromatic carbocycles. The van der Waals surface area contributed by atoms with Gasteiger partial charge in [-0.25, -0.2) is 0 Å². The Kier molecular flexibility index (Phi) is 4.81. The van der Waals surface area contributed by atoms with Crippen molar-refractivity contribution in [1.82, 2.24) is 0 Å². The molecule has 0 aromatic heterocycles. The molecule has 0 aliphatic heterocycles. The number of ether oxygens (including phenoxy) is 1. The average Bonchev–Trinajstić information content (AvgIpc) is 2.33. The maximum absolute atomic E-state index is 12.5. The number of nitrogens with two attached hydrogens (primary N) is 1. The molecule has 0 aliphatic carbocycles. The maximum Gasteiger partial charge on any atom is 0.416 e. The Morgan fingerprint density at radius 2 is 1.90 bits per heavy atom. The van der Waals surface area contributed by atoms with E-state index in [0.29, 0.717) is 0 Å². The summed E-state index contributed by atoms with van der Waals surface area (Å²) in [4.78, 5) is 11.7. The molecule has 0 aliphatic rings. The van der Waals surface area contributed by atoms with E-state index in [9.17, 15) is 18.0 Å². The summed E-state index contributed by atoms with van der Waals surface area (Å²) < 4.78 is 42.5. The minimum Gasteiger partial charge on any atom is -0.460 e. The summed E-state index contributed by atoms with van der Waals surface area (Å²) in [6.07, 6.45) is -4.41. The predicted molar refractivity (Wildman–Crippen MR) is 68.7 cm³/mol. The summed E-state index contributed by atoms with van der Waals surface area (Å²) in [7, 11) is 0. The fraction of sp³-hybridized carbons (Fsp3) is 0.500. The van der Waals surface area contributed by atoms with Crippen LogP contribution in [-0.4, -0.2) is 12.0 Å². The van der Waals surface area contributed by atoms with Gasteiger partial charge in [0.2, 0.25) is 0 Å². The van der Waals surface area contributed by atoms with E-state index in [-0.39, 0.29) is 12.2 Å². The summed E-state index contributed by atoms with van der Waals surface area (Å²) >= 11 is 0. The zero-order valence-corrected chi connectivity index (χ0v) is 11.6. The van der Waals surface area contributed by atoms with Gasteiger partial charge < -0.3 is 10.5 Å². The smallest absolute Gasteiger partial charge is 0.416 e. The van der Waals surface area contributed by atoms with Gasteiger partial charge in [0.15, 0.2) is 0 Å². The quantitative estimate of drug-likeness (QED) is 0.870. The monoisotopic (exact) mass is 289 g/mol. The number of halogens is 3. The first kappa shape index (κ1) is 16.5. The normalized spacial score (nSPS) is 13.9. The Hall–Kier alpha value is -1.56. The third kappa shape index (κ3) is 4.52. The summed E-state index contributed by atoms with van der Waals surface area (Å²) in [5.74, 6) is -0.630. The van der Waals surface area contributed by atoms with E-state index in [1.807, 2.05) is 0 Å². The van der Waals surface area contributed by atoms with Crippen molar-refractivity contribution in [2.24, 2.45) is 11.1 Å². The first-order valence-electron chi connectivity index (χ1n) is 6.10. The number of rotatable bonds is 3. The van der Waals surface area contributed by atoms with Gasteiger partial charge in [0.05, 0.1) is 5.56 Å². The standard InChI is InChI=1S/C14H18F3NO2/c1-13(2,3)11(18)12(19)20-8-9-5-4-6-10(7-9)14(15,16)17/h4-7,11H,8,18H2,1-3H3. The Morgan fingerprint density at radius 1 is 1.30 bits per heavy atom. The van der Waals surface area contributed by atoms with Crippen molar-refractivity contribution in [1.29, 1.82) is 0 Å². The molecular weight excluding hydrogens is 271 g/mol. The van der Waals surface area contributed by atoms with Gasteiger partial charge in [0, 0.05) is 0 Å². The number of esters is 1. The van der Waals surface area contributed by atoms with Crippen molar-refractivity contribution in [3.63, 3.8) is 0 Å². The van der Waals surface area contributed by atoms with Gasteiger partial charge in [-0.3, -0.25) is 4.79 Å². The summed E-state index contributed by atoms with van der Waals surface area (Å²) in [6.45, 7) is 5.11. The minimum absolute atomic E-state index is 0.230. The number of hydrogen-bond donors (Lipinski definition) is 1. The summed E-state index contributed by atoms with van der Waals surface area (Å²) in [6, 6.07) is 3.83. The van der Waals surface area contributed by atoms with Crippen LogP contribution in [0.5, 0.6) is 0 Å². The SMILES string of the molecule is CC(C)(C)C(N)C(=O)OCc1cccc(C(F)(F)F)c1. The molecule has 1 aromatic rings. The number of carbonyl (C=O) groups excluding carboxylic acids is 1. The maximum atomic E-state index is 12.5. The molecule has 0 saturated carbocycles. The number of alkyl halides is 3. The molecule has 0 radical (unpaired) electrons. The highest BCUT2D eigenvalue weighted by molar-refractivity contribution is 5.76. The molecule has 0 bridgehead atoms. The lowest BCUT2D eigenvalue weighted by Crippen LogP contribution is -2.43. The van der Waals surface area contributed by atoms with E-state index in [1.54, 1.807) is 20.8 Å². The second-order valence-electron chi connectivity index (χ2n) is 5.65. The van der Waals surface area contributed by atoms with Crippen molar-refractivity contribution < 1.29 is 22.7 Å². The van der Waals surface area contributed by atoms with Gasteiger partial charge in [-0.1, -0.05) is 32.9 Å². The number of hydrogen-bond acceptors (Lipinski definition) is 3. The van der Waals surface area contributed by atoms with Crippen molar-refractivity contribution in [3.8, 4) is 0 Å². The van der Waals surface area contributed by atoms with Crippen LogP contribution >= 0.6 is 0 Å². The third-order valence-corrected chi connectivity index (χ3v) is 2.82. The molecule has 1 rings (SSSR count). The van der Waals surface area contributed by atoms with Crippen molar-refractivity contribution in [3.05, 3.63) is 35.4 Å². The third-order valence-electron chi connectivity index (χ3n) is 2.82. The number of carbonyl (C=O) groups is 1. The van der Waals surface area contributed by atoms with Crippen LogP contribution < -0.4 is 5.73 Å². The molecular formula is C14H18F3NO2. The molecule has 0 spiro atoms. The predicted octanol–water partition coefficient (Wildman–Crippen LogP) is 3.12. The Bertz CT molecular complexity index is 478. The van der Waals surface area contributed by atoms with Crippen LogP contribution in [0, 0.1) is 5.41 Å². The lowest BCUT2D eigenvalue weighted by molar-refractivity contribution is -0.149. The fourth-order valence-electron chi connectivity index (χ4n) is 1.44.